The monoisotopic (exact) mass is 414 g/mol. The minimum atomic E-state index is -0.257. The van der Waals surface area contributed by atoms with E-state index >= 15 is 0 Å². The summed E-state index contributed by atoms with van der Waals surface area (Å²) in [4.78, 5) is 12.7. The maximum absolute atomic E-state index is 12.7. The molecule has 4 rings (SSSR count). The summed E-state index contributed by atoms with van der Waals surface area (Å²) in [7, 11) is 0. The van der Waals surface area contributed by atoms with Crippen molar-refractivity contribution in [3.63, 3.8) is 0 Å². The molecular formula is C20H23ClN6O2. The molecule has 0 saturated heterocycles. The van der Waals surface area contributed by atoms with Gasteiger partial charge in [-0.1, -0.05) is 6.08 Å². The van der Waals surface area contributed by atoms with E-state index < -0.39 is 0 Å². The molecule has 0 aromatic carbocycles. The van der Waals surface area contributed by atoms with E-state index in [1.54, 1.807) is 28.9 Å². The van der Waals surface area contributed by atoms with Crippen molar-refractivity contribution in [1.82, 2.24) is 25.1 Å². The van der Waals surface area contributed by atoms with Crippen LogP contribution in [0.4, 0.5) is 5.82 Å². The summed E-state index contributed by atoms with van der Waals surface area (Å²) in [5.41, 5.74) is 4.06. The molecule has 29 heavy (non-hydrogen) atoms. The van der Waals surface area contributed by atoms with E-state index in [9.17, 15) is 4.79 Å². The van der Waals surface area contributed by atoms with E-state index in [2.05, 4.69) is 32.0 Å². The van der Waals surface area contributed by atoms with Gasteiger partial charge in [-0.25, -0.2) is 4.52 Å². The normalized spacial score (nSPS) is 13.5. The number of carbonyl (C=O) groups is 1. The van der Waals surface area contributed by atoms with Gasteiger partial charge in [-0.15, -0.1) is 22.6 Å². The summed E-state index contributed by atoms with van der Waals surface area (Å²) in [5.74, 6) is 0.848. The number of aryl methyl sites for hydroxylation is 1. The molecule has 1 aliphatic heterocycles. The van der Waals surface area contributed by atoms with E-state index in [0.717, 1.165) is 36.4 Å². The lowest BCUT2D eigenvalue weighted by Gasteiger charge is -2.13. The molecule has 0 saturated carbocycles. The average molecular weight is 415 g/mol. The molecule has 3 aromatic rings. The highest BCUT2D eigenvalue weighted by molar-refractivity contribution is 6.04. The highest BCUT2D eigenvalue weighted by Gasteiger charge is 2.15. The molecule has 1 amide bonds. The largest absolute Gasteiger partial charge is 0.490 e. The average Bonchev–Trinajstić information content (AvgIpc) is 3.04. The molecule has 0 unspecified atom stereocenters. The van der Waals surface area contributed by atoms with Crippen LogP contribution in [0, 0.1) is 6.92 Å². The topological polar surface area (TPSA) is 93.4 Å². The second-order valence-electron chi connectivity index (χ2n) is 6.53. The second kappa shape index (κ2) is 9.02. The first-order valence-corrected chi connectivity index (χ1v) is 9.32. The fourth-order valence-electron chi connectivity index (χ4n) is 3.22. The molecule has 3 aromatic heterocycles. The van der Waals surface area contributed by atoms with Crippen molar-refractivity contribution in [2.75, 3.05) is 25.0 Å². The first-order chi connectivity index (χ1) is 13.7. The summed E-state index contributed by atoms with van der Waals surface area (Å²) in [6, 6.07) is 7.14. The number of halogens is 1. The standard InChI is InChI=1S/C20H22N6O2.ClH/c1-3-28-19-13(2)25-26-11-8-15(12-17(19)26)20(27)22-18-5-4-16(23-24-18)14-6-9-21-10-7-14;/h4-6,8,11-12,21H,3,7,9-10H2,1-2H3,(H,22,24,27);1H. The van der Waals surface area contributed by atoms with Gasteiger partial charge in [0.2, 0.25) is 0 Å². The van der Waals surface area contributed by atoms with E-state index in [4.69, 9.17) is 4.74 Å². The quantitative estimate of drug-likeness (QED) is 0.666. The Bertz CT molecular complexity index is 1050. The van der Waals surface area contributed by atoms with E-state index in [1.807, 2.05) is 19.9 Å². The summed E-state index contributed by atoms with van der Waals surface area (Å²) in [5, 5.41) is 18.9. The van der Waals surface area contributed by atoms with Crippen molar-refractivity contribution in [2.45, 2.75) is 20.3 Å². The van der Waals surface area contributed by atoms with Gasteiger partial charge >= 0.3 is 0 Å². The molecule has 0 bridgehead atoms. The first-order valence-electron chi connectivity index (χ1n) is 9.32. The lowest BCUT2D eigenvalue weighted by atomic mass is 10.1. The van der Waals surface area contributed by atoms with Gasteiger partial charge in [0, 0.05) is 18.3 Å². The zero-order chi connectivity index (χ0) is 19.5. The Morgan fingerprint density at radius 1 is 1.31 bits per heavy atom. The minimum absolute atomic E-state index is 0. The van der Waals surface area contributed by atoms with E-state index in [0.29, 0.717) is 23.7 Å². The molecule has 0 fully saturated rings. The van der Waals surface area contributed by atoms with Gasteiger partial charge in [0.1, 0.15) is 11.2 Å². The number of hydrogen-bond donors (Lipinski definition) is 2. The number of ether oxygens (including phenoxy) is 1. The molecule has 0 radical (unpaired) electrons. The van der Waals surface area contributed by atoms with Gasteiger partial charge in [-0.3, -0.25) is 4.79 Å². The predicted octanol–water partition coefficient (Wildman–Crippen LogP) is 2.88. The van der Waals surface area contributed by atoms with Crippen LogP contribution in [-0.2, 0) is 0 Å². The van der Waals surface area contributed by atoms with Crippen molar-refractivity contribution in [3.8, 4) is 5.75 Å². The third kappa shape index (κ3) is 4.38. The Morgan fingerprint density at radius 3 is 2.86 bits per heavy atom. The molecule has 152 valence electrons. The van der Waals surface area contributed by atoms with Crippen molar-refractivity contribution in [1.29, 1.82) is 0 Å². The number of pyridine rings is 1. The second-order valence-corrected chi connectivity index (χ2v) is 6.53. The number of anilines is 1. The zero-order valence-corrected chi connectivity index (χ0v) is 17.1. The van der Waals surface area contributed by atoms with Gasteiger partial charge in [-0.2, -0.15) is 5.10 Å². The van der Waals surface area contributed by atoms with E-state index in [-0.39, 0.29) is 18.3 Å². The molecule has 0 atom stereocenters. The third-order valence-corrected chi connectivity index (χ3v) is 4.60. The number of nitrogens with zero attached hydrogens (tertiary/aromatic N) is 4. The summed E-state index contributed by atoms with van der Waals surface area (Å²) in [6.45, 7) is 6.11. The number of carbonyl (C=O) groups excluding carboxylic acids is 1. The molecule has 1 aliphatic rings. The van der Waals surface area contributed by atoms with Crippen LogP contribution in [0.15, 0.2) is 36.5 Å². The highest BCUT2D eigenvalue weighted by Crippen LogP contribution is 2.25. The van der Waals surface area contributed by atoms with Gasteiger partial charge in [0.05, 0.1) is 12.3 Å². The third-order valence-electron chi connectivity index (χ3n) is 4.60. The number of hydrogen-bond acceptors (Lipinski definition) is 6. The molecular weight excluding hydrogens is 392 g/mol. The number of nitrogens with one attached hydrogen (secondary N) is 2. The summed E-state index contributed by atoms with van der Waals surface area (Å²) >= 11 is 0. The smallest absolute Gasteiger partial charge is 0.256 e. The van der Waals surface area contributed by atoms with Gasteiger partial charge in [-0.05, 0) is 56.7 Å². The van der Waals surface area contributed by atoms with Gasteiger partial charge in [0.25, 0.3) is 5.91 Å². The van der Waals surface area contributed by atoms with Crippen molar-refractivity contribution >= 4 is 35.2 Å². The fraction of sp³-hybridized carbons (Fsp3) is 0.300. The van der Waals surface area contributed by atoms with Crippen LogP contribution in [0.3, 0.4) is 0 Å². The number of amides is 1. The number of fused-ring (bicyclic) bond motifs is 1. The van der Waals surface area contributed by atoms with Crippen LogP contribution in [0.2, 0.25) is 0 Å². The van der Waals surface area contributed by atoms with E-state index in [1.165, 1.54) is 5.57 Å². The van der Waals surface area contributed by atoms with Crippen LogP contribution >= 0.6 is 12.4 Å². The maximum atomic E-state index is 12.7. The number of rotatable bonds is 5. The van der Waals surface area contributed by atoms with Crippen LogP contribution in [-0.4, -0.2) is 45.4 Å². The summed E-state index contributed by atoms with van der Waals surface area (Å²) in [6.07, 6.45) is 4.79. The van der Waals surface area contributed by atoms with Gasteiger partial charge in [0.15, 0.2) is 11.6 Å². The van der Waals surface area contributed by atoms with Gasteiger partial charge < -0.3 is 15.4 Å². The number of aromatic nitrogens is 4. The van der Waals surface area contributed by atoms with Crippen LogP contribution in [0.25, 0.3) is 11.1 Å². The van der Waals surface area contributed by atoms with Crippen LogP contribution in [0.5, 0.6) is 5.75 Å². The molecule has 0 spiro atoms. The Kier molecular flexibility index (Phi) is 6.46. The molecule has 0 aliphatic carbocycles. The molecule has 2 N–H and O–H groups in total. The molecule has 8 nitrogen and oxygen atoms in total. The first kappa shape index (κ1) is 20.8. The maximum Gasteiger partial charge on any atom is 0.256 e. The fourth-order valence-corrected chi connectivity index (χ4v) is 3.22. The lowest BCUT2D eigenvalue weighted by molar-refractivity contribution is 0.102. The summed E-state index contributed by atoms with van der Waals surface area (Å²) < 4.78 is 7.37. The Morgan fingerprint density at radius 2 is 2.17 bits per heavy atom. The van der Waals surface area contributed by atoms with Crippen LogP contribution in [0.1, 0.15) is 35.1 Å². The lowest BCUT2D eigenvalue weighted by Crippen LogP contribution is -2.20. The van der Waals surface area contributed by atoms with Crippen molar-refractivity contribution in [3.05, 3.63) is 53.5 Å². The van der Waals surface area contributed by atoms with Crippen molar-refractivity contribution < 1.29 is 9.53 Å². The predicted molar refractivity (Wildman–Crippen MR) is 114 cm³/mol. The molecule has 9 heteroatoms. The highest BCUT2D eigenvalue weighted by atomic mass is 35.5. The Hall–Kier alpha value is -2.97. The Balaban J connectivity index is 0.00000240. The zero-order valence-electron chi connectivity index (χ0n) is 16.3. The molecule has 4 heterocycles. The van der Waals surface area contributed by atoms with Crippen LogP contribution < -0.4 is 15.4 Å². The Labute approximate surface area is 174 Å². The van der Waals surface area contributed by atoms with Crippen molar-refractivity contribution in [2.24, 2.45) is 0 Å². The minimum Gasteiger partial charge on any atom is -0.490 e. The SMILES string of the molecule is CCOc1c(C)nn2ccc(C(=O)Nc3ccc(C4=CCNCC4)nn3)cc12.Cl.